The van der Waals surface area contributed by atoms with Gasteiger partial charge in [0, 0.05) is 11.8 Å². The van der Waals surface area contributed by atoms with Crippen LogP contribution in [0.15, 0.2) is 47.2 Å². The number of phenols is 1. The summed E-state index contributed by atoms with van der Waals surface area (Å²) < 4.78 is 0. The molecular formula is C11H10N2O. The van der Waals surface area contributed by atoms with E-state index in [0.29, 0.717) is 0 Å². The Labute approximate surface area is 82.1 Å². The van der Waals surface area contributed by atoms with E-state index in [2.05, 4.69) is 10.5 Å². The van der Waals surface area contributed by atoms with Crippen molar-refractivity contribution in [2.45, 2.75) is 0 Å². The summed E-state index contributed by atoms with van der Waals surface area (Å²) in [7, 11) is 0. The maximum absolute atomic E-state index is 9.51. The summed E-state index contributed by atoms with van der Waals surface area (Å²) in [6, 6.07) is 7.17. The van der Waals surface area contributed by atoms with E-state index in [4.69, 9.17) is 0 Å². The quantitative estimate of drug-likeness (QED) is 0.703. The maximum atomic E-state index is 9.51. The Kier molecular flexibility index (Phi) is 2.32. The summed E-state index contributed by atoms with van der Waals surface area (Å²) in [5, 5.41) is 13.4. The molecule has 3 heteroatoms. The molecule has 14 heavy (non-hydrogen) atoms. The van der Waals surface area contributed by atoms with E-state index >= 15 is 0 Å². The highest BCUT2D eigenvalue weighted by Gasteiger charge is 1.98. The van der Waals surface area contributed by atoms with Gasteiger partial charge in [-0.25, -0.2) is 0 Å². The number of hydrogen-bond acceptors (Lipinski definition) is 3. The Balaban J connectivity index is 2.29. The lowest BCUT2D eigenvalue weighted by atomic mass is 10.1. The van der Waals surface area contributed by atoms with Crippen LogP contribution in [0.2, 0.25) is 0 Å². The molecule has 3 nitrogen and oxygen atoms in total. The van der Waals surface area contributed by atoms with Crippen LogP contribution in [0.1, 0.15) is 5.56 Å². The van der Waals surface area contributed by atoms with Crippen LogP contribution in [-0.4, -0.2) is 11.3 Å². The number of aromatic hydroxyl groups is 1. The fourth-order valence-corrected chi connectivity index (χ4v) is 1.20. The Bertz CT molecular complexity index is 419. The van der Waals surface area contributed by atoms with Crippen molar-refractivity contribution in [3.8, 4) is 5.75 Å². The molecule has 70 valence electrons. The molecule has 0 saturated heterocycles. The van der Waals surface area contributed by atoms with Gasteiger partial charge in [-0.3, -0.25) is 5.43 Å². The van der Waals surface area contributed by atoms with Crippen LogP contribution in [0.25, 0.3) is 6.08 Å². The minimum atomic E-state index is 0.268. The smallest absolute Gasteiger partial charge is 0.122 e. The zero-order chi connectivity index (χ0) is 9.80. The van der Waals surface area contributed by atoms with Gasteiger partial charge in [0.15, 0.2) is 0 Å². The first kappa shape index (κ1) is 8.56. The van der Waals surface area contributed by atoms with Gasteiger partial charge in [-0.15, -0.1) is 0 Å². The van der Waals surface area contributed by atoms with Crippen molar-refractivity contribution in [3.63, 3.8) is 0 Å². The second-order valence-electron chi connectivity index (χ2n) is 2.91. The van der Waals surface area contributed by atoms with Crippen molar-refractivity contribution >= 4 is 12.3 Å². The number of nitrogens with one attached hydrogen (secondary N) is 1. The number of hydrazone groups is 1. The van der Waals surface area contributed by atoms with Crippen molar-refractivity contribution in [3.05, 3.63) is 47.7 Å². The van der Waals surface area contributed by atoms with E-state index in [0.717, 1.165) is 11.3 Å². The van der Waals surface area contributed by atoms with Gasteiger partial charge in [-0.1, -0.05) is 18.2 Å². The SMILES string of the molecule is Oc1ccccc1C=C1C=CC=NN1. The van der Waals surface area contributed by atoms with E-state index in [-0.39, 0.29) is 5.75 Å². The molecule has 1 aromatic carbocycles. The molecule has 2 rings (SSSR count). The van der Waals surface area contributed by atoms with Crippen LogP contribution < -0.4 is 5.43 Å². The first-order valence-electron chi connectivity index (χ1n) is 4.32. The zero-order valence-corrected chi connectivity index (χ0v) is 7.51. The van der Waals surface area contributed by atoms with Crippen LogP contribution in [0.5, 0.6) is 5.75 Å². The lowest BCUT2D eigenvalue weighted by molar-refractivity contribution is 0.474. The molecule has 0 bridgehead atoms. The number of rotatable bonds is 1. The highest BCUT2D eigenvalue weighted by Crippen LogP contribution is 2.18. The van der Waals surface area contributed by atoms with Gasteiger partial charge in [0.2, 0.25) is 0 Å². The monoisotopic (exact) mass is 186 g/mol. The fourth-order valence-electron chi connectivity index (χ4n) is 1.20. The van der Waals surface area contributed by atoms with Gasteiger partial charge in [0.1, 0.15) is 5.75 Å². The molecule has 0 unspecified atom stereocenters. The van der Waals surface area contributed by atoms with Gasteiger partial charge in [0.05, 0.1) is 5.70 Å². The number of benzene rings is 1. The first-order chi connectivity index (χ1) is 6.86. The largest absolute Gasteiger partial charge is 0.507 e. The number of allylic oxidation sites excluding steroid dienone is 2. The fraction of sp³-hybridized carbons (Fsp3) is 0. The molecule has 0 spiro atoms. The molecule has 0 aromatic heterocycles. The number of nitrogens with zero attached hydrogens (tertiary/aromatic N) is 1. The van der Waals surface area contributed by atoms with Crippen molar-refractivity contribution in [2.75, 3.05) is 0 Å². The maximum Gasteiger partial charge on any atom is 0.122 e. The third kappa shape index (κ3) is 1.82. The lowest BCUT2D eigenvalue weighted by Gasteiger charge is -2.05. The average Bonchev–Trinajstić information content (AvgIpc) is 2.23. The van der Waals surface area contributed by atoms with Gasteiger partial charge in [0.25, 0.3) is 0 Å². The van der Waals surface area contributed by atoms with Crippen LogP contribution in [0.4, 0.5) is 0 Å². The molecule has 2 N–H and O–H groups in total. The highest BCUT2D eigenvalue weighted by molar-refractivity contribution is 5.74. The summed E-state index contributed by atoms with van der Waals surface area (Å²) >= 11 is 0. The minimum Gasteiger partial charge on any atom is -0.507 e. The van der Waals surface area contributed by atoms with Crippen LogP contribution in [0, 0.1) is 0 Å². The number of para-hydroxylation sites is 1. The molecule has 1 aromatic rings. The van der Waals surface area contributed by atoms with E-state index in [1.807, 2.05) is 30.4 Å². The second kappa shape index (κ2) is 3.79. The molecule has 0 atom stereocenters. The van der Waals surface area contributed by atoms with Crippen LogP contribution in [0.3, 0.4) is 0 Å². The summed E-state index contributed by atoms with van der Waals surface area (Å²) in [5.74, 6) is 0.268. The Morgan fingerprint density at radius 1 is 1.29 bits per heavy atom. The predicted octanol–water partition coefficient (Wildman–Crippen LogP) is 1.88. The number of hydrogen-bond donors (Lipinski definition) is 2. The molecular weight excluding hydrogens is 176 g/mol. The van der Waals surface area contributed by atoms with Gasteiger partial charge >= 0.3 is 0 Å². The summed E-state index contributed by atoms with van der Waals surface area (Å²) in [6.07, 6.45) is 7.23. The van der Waals surface area contributed by atoms with E-state index in [1.54, 1.807) is 18.3 Å². The number of phenolic OH excluding ortho intramolecular Hbond substituents is 1. The summed E-state index contributed by atoms with van der Waals surface area (Å²) in [4.78, 5) is 0. The van der Waals surface area contributed by atoms with E-state index in [1.165, 1.54) is 0 Å². The highest BCUT2D eigenvalue weighted by atomic mass is 16.3. The van der Waals surface area contributed by atoms with E-state index in [9.17, 15) is 5.11 Å². The average molecular weight is 186 g/mol. The molecule has 0 amide bonds. The third-order valence-corrected chi connectivity index (χ3v) is 1.88. The van der Waals surface area contributed by atoms with Gasteiger partial charge < -0.3 is 5.11 Å². The van der Waals surface area contributed by atoms with E-state index < -0.39 is 0 Å². The molecule has 0 radical (unpaired) electrons. The molecule has 0 fully saturated rings. The normalized spacial score (nSPS) is 17.0. The molecule has 1 aliphatic rings. The third-order valence-electron chi connectivity index (χ3n) is 1.88. The van der Waals surface area contributed by atoms with Gasteiger partial charge in [-0.05, 0) is 24.3 Å². The topological polar surface area (TPSA) is 44.6 Å². The minimum absolute atomic E-state index is 0.268. The summed E-state index contributed by atoms with van der Waals surface area (Å²) in [5.41, 5.74) is 4.46. The zero-order valence-electron chi connectivity index (χ0n) is 7.51. The molecule has 0 saturated carbocycles. The summed E-state index contributed by atoms with van der Waals surface area (Å²) in [6.45, 7) is 0. The molecule has 1 aliphatic heterocycles. The van der Waals surface area contributed by atoms with Crippen molar-refractivity contribution < 1.29 is 5.11 Å². The van der Waals surface area contributed by atoms with Crippen molar-refractivity contribution in [1.29, 1.82) is 0 Å². The Morgan fingerprint density at radius 3 is 2.86 bits per heavy atom. The van der Waals surface area contributed by atoms with Crippen LogP contribution >= 0.6 is 0 Å². The van der Waals surface area contributed by atoms with Crippen LogP contribution in [-0.2, 0) is 0 Å². The van der Waals surface area contributed by atoms with Crippen molar-refractivity contribution in [2.24, 2.45) is 5.10 Å². The Hall–Kier alpha value is -2.03. The Morgan fingerprint density at radius 2 is 2.14 bits per heavy atom. The second-order valence-corrected chi connectivity index (χ2v) is 2.91. The lowest BCUT2D eigenvalue weighted by Crippen LogP contribution is -2.05. The predicted molar refractivity (Wildman–Crippen MR) is 56.9 cm³/mol. The standard InChI is InChI=1S/C11H10N2O/c14-11-6-2-1-4-9(11)8-10-5-3-7-12-13-10/h1-8,13-14H. The van der Waals surface area contributed by atoms with Gasteiger partial charge in [-0.2, -0.15) is 5.10 Å². The van der Waals surface area contributed by atoms with Crippen molar-refractivity contribution in [1.82, 2.24) is 5.43 Å². The molecule has 1 heterocycles. The first-order valence-corrected chi connectivity index (χ1v) is 4.32. The molecule has 0 aliphatic carbocycles.